The van der Waals surface area contributed by atoms with E-state index in [0.717, 1.165) is 17.4 Å². The average Bonchev–Trinajstić information content (AvgIpc) is 2.68. The monoisotopic (exact) mass is 288 g/mol. The highest BCUT2D eigenvalue weighted by molar-refractivity contribution is 5.55. The van der Waals surface area contributed by atoms with Crippen LogP contribution in [0.15, 0.2) is 42.5 Å². The molecule has 21 heavy (non-hydrogen) atoms. The summed E-state index contributed by atoms with van der Waals surface area (Å²) in [4.78, 5) is 12.1. The Kier molecular flexibility index (Phi) is 3.43. The molecule has 0 bridgehead atoms. The highest BCUT2D eigenvalue weighted by Crippen LogP contribution is 2.28. The van der Waals surface area contributed by atoms with Gasteiger partial charge in [0.2, 0.25) is 0 Å². The first-order valence-electron chi connectivity index (χ1n) is 6.54. The molecule has 0 unspecified atom stereocenters. The Balaban J connectivity index is 1.95. The van der Waals surface area contributed by atoms with Crippen LogP contribution >= 0.6 is 0 Å². The summed E-state index contributed by atoms with van der Waals surface area (Å²) in [5.41, 5.74) is 1.22. The lowest BCUT2D eigenvalue weighted by Gasteiger charge is -2.22. The third-order valence-electron chi connectivity index (χ3n) is 3.40. The summed E-state index contributed by atoms with van der Waals surface area (Å²) in [5.74, 6) is 0.184. The minimum absolute atomic E-state index is 0.247. The van der Waals surface area contributed by atoms with E-state index in [-0.39, 0.29) is 5.69 Å². The van der Waals surface area contributed by atoms with Crippen molar-refractivity contribution in [1.82, 2.24) is 0 Å². The van der Waals surface area contributed by atoms with E-state index in [1.165, 1.54) is 12.1 Å². The normalized spacial score (nSPS) is 14.0. The Morgan fingerprint density at radius 2 is 2.05 bits per heavy atom. The molecular formula is C15H13FN2O3. The molecule has 0 amide bonds. The molecule has 0 saturated carbocycles. The van der Waals surface area contributed by atoms with Gasteiger partial charge < -0.3 is 9.64 Å². The highest BCUT2D eigenvalue weighted by Gasteiger charge is 2.18. The third kappa shape index (κ3) is 2.79. The second kappa shape index (κ2) is 5.40. The Morgan fingerprint density at radius 3 is 2.86 bits per heavy atom. The topological polar surface area (TPSA) is 55.6 Å². The molecule has 1 aliphatic rings. The quantitative estimate of drug-likeness (QED) is 0.629. The minimum atomic E-state index is -0.613. The average molecular weight is 288 g/mol. The first-order chi connectivity index (χ1) is 10.1. The Bertz CT molecular complexity index is 690. The maximum absolute atomic E-state index is 13.6. The molecule has 0 spiro atoms. The number of para-hydroxylation sites is 1. The van der Waals surface area contributed by atoms with Gasteiger partial charge in [0.1, 0.15) is 18.2 Å². The van der Waals surface area contributed by atoms with Gasteiger partial charge in [0.05, 0.1) is 17.5 Å². The molecule has 0 radical (unpaired) electrons. The predicted molar refractivity (Wildman–Crippen MR) is 76.0 cm³/mol. The number of hydrogen-bond donors (Lipinski definition) is 0. The molecule has 0 atom stereocenters. The molecule has 0 aliphatic carbocycles. The number of hydrogen-bond acceptors (Lipinski definition) is 4. The van der Waals surface area contributed by atoms with E-state index in [1.807, 2.05) is 29.2 Å². The molecule has 0 fully saturated rings. The highest BCUT2D eigenvalue weighted by atomic mass is 19.1. The van der Waals surface area contributed by atoms with E-state index >= 15 is 0 Å². The van der Waals surface area contributed by atoms with Crippen LogP contribution in [0.4, 0.5) is 15.8 Å². The van der Waals surface area contributed by atoms with Gasteiger partial charge in [0, 0.05) is 23.9 Å². The Morgan fingerprint density at radius 1 is 1.24 bits per heavy atom. The summed E-state index contributed by atoms with van der Waals surface area (Å²) in [7, 11) is 0. The number of nitro groups is 1. The van der Waals surface area contributed by atoms with Crippen LogP contribution in [0.2, 0.25) is 0 Å². The predicted octanol–water partition coefficient (Wildman–Crippen LogP) is 3.13. The van der Waals surface area contributed by atoms with Crippen molar-refractivity contribution in [3.05, 3.63) is 64.0 Å². The summed E-state index contributed by atoms with van der Waals surface area (Å²) >= 11 is 0. The lowest BCUT2D eigenvalue weighted by Crippen LogP contribution is -2.25. The van der Waals surface area contributed by atoms with Crippen LogP contribution in [0.5, 0.6) is 5.75 Å². The molecule has 2 aromatic rings. The van der Waals surface area contributed by atoms with E-state index in [9.17, 15) is 14.5 Å². The maximum atomic E-state index is 13.6. The van der Waals surface area contributed by atoms with Gasteiger partial charge in [-0.15, -0.1) is 0 Å². The lowest BCUT2D eigenvalue weighted by molar-refractivity contribution is -0.385. The van der Waals surface area contributed by atoms with Crippen LogP contribution in [-0.2, 0) is 6.54 Å². The Labute approximate surface area is 120 Å². The fourth-order valence-corrected chi connectivity index (χ4v) is 2.39. The molecule has 0 N–H and O–H groups in total. The van der Waals surface area contributed by atoms with E-state index in [0.29, 0.717) is 25.4 Å². The number of benzene rings is 2. The second-order valence-corrected chi connectivity index (χ2v) is 4.80. The molecule has 0 saturated heterocycles. The number of nitrogens with zero attached hydrogens (tertiary/aromatic N) is 2. The van der Waals surface area contributed by atoms with Gasteiger partial charge in [0.25, 0.3) is 5.69 Å². The van der Waals surface area contributed by atoms with E-state index in [1.54, 1.807) is 0 Å². The van der Waals surface area contributed by atoms with Crippen LogP contribution in [0.25, 0.3) is 0 Å². The van der Waals surface area contributed by atoms with Crippen LogP contribution in [-0.4, -0.2) is 18.1 Å². The fourth-order valence-electron chi connectivity index (χ4n) is 2.39. The molecule has 6 heteroatoms. The number of rotatable bonds is 2. The number of ether oxygens (including phenoxy) is 1. The molecule has 1 heterocycles. The summed E-state index contributed by atoms with van der Waals surface area (Å²) in [6, 6.07) is 11.2. The van der Waals surface area contributed by atoms with Crippen molar-refractivity contribution in [2.45, 2.75) is 6.54 Å². The number of nitro benzene ring substituents is 1. The van der Waals surface area contributed by atoms with Crippen molar-refractivity contribution in [2.75, 3.05) is 18.1 Å². The molecule has 108 valence electrons. The van der Waals surface area contributed by atoms with Gasteiger partial charge >= 0.3 is 0 Å². The summed E-state index contributed by atoms with van der Waals surface area (Å²) in [6.45, 7) is 1.51. The van der Waals surface area contributed by atoms with Gasteiger partial charge in [-0.3, -0.25) is 10.1 Å². The number of halogens is 1. The van der Waals surface area contributed by atoms with Crippen molar-refractivity contribution in [2.24, 2.45) is 0 Å². The summed E-state index contributed by atoms with van der Waals surface area (Å²) in [5, 5.41) is 10.9. The van der Waals surface area contributed by atoms with Crippen molar-refractivity contribution in [3.8, 4) is 5.75 Å². The number of anilines is 1. The van der Waals surface area contributed by atoms with Gasteiger partial charge in [-0.25, -0.2) is 4.39 Å². The maximum Gasteiger partial charge on any atom is 0.274 e. The zero-order valence-corrected chi connectivity index (χ0v) is 11.2. The van der Waals surface area contributed by atoms with Crippen LogP contribution in [0.1, 0.15) is 5.56 Å². The summed E-state index contributed by atoms with van der Waals surface area (Å²) in [6.07, 6.45) is 0. The molecule has 3 rings (SSSR count). The molecule has 0 aromatic heterocycles. The van der Waals surface area contributed by atoms with E-state index < -0.39 is 10.7 Å². The molecular weight excluding hydrogens is 275 g/mol. The first-order valence-corrected chi connectivity index (χ1v) is 6.54. The van der Waals surface area contributed by atoms with Crippen LogP contribution in [0.3, 0.4) is 0 Å². The SMILES string of the molecule is O=[N+]([O-])c1cc(F)cc(N2CCOc3ccccc3C2)c1. The van der Waals surface area contributed by atoms with Crippen molar-refractivity contribution in [1.29, 1.82) is 0 Å². The molecule has 1 aliphatic heterocycles. The van der Waals surface area contributed by atoms with Crippen LogP contribution in [0, 0.1) is 15.9 Å². The van der Waals surface area contributed by atoms with Gasteiger partial charge in [-0.05, 0) is 12.1 Å². The van der Waals surface area contributed by atoms with E-state index in [4.69, 9.17) is 4.74 Å². The van der Waals surface area contributed by atoms with Crippen molar-refractivity contribution in [3.63, 3.8) is 0 Å². The molecule has 2 aromatic carbocycles. The van der Waals surface area contributed by atoms with Gasteiger partial charge in [-0.1, -0.05) is 18.2 Å². The molecule has 5 nitrogen and oxygen atoms in total. The zero-order valence-electron chi connectivity index (χ0n) is 11.2. The standard InChI is InChI=1S/C15H13FN2O3/c16-12-7-13(9-14(8-12)18(19)20)17-5-6-21-15-4-2-1-3-11(15)10-17/h1-4,7-9H,5-6,10H2. The third-order valence-corrected chi connectivity index (χ3v) is 3.40. The first kappa shape index (κ1) is 13.4. The van der Waals surface area contributed by atoms with Gasteiger partial charge in [0.15, 0.2) is 0 Å². The minimum Gasteiger partial charge on any atom is -0.491 e. The van der Waals surface area contributed by atoms with Crippen molar-refractivity contribution >= 4 is 11.4 Å². The van der Waals surface area contributed by atoms with E-state index in [2.05, 4.69) is 0 Å². The van der Waals surface area contributed by atoms with Crippen molar-refractivity contribution < 1.29 is 14.1 Å². The second-order valence-electron chi connectivity index (χ2n) is 4.80. The fraction of sp³-hybridized carbons (Fsp3) is 0.200. The number of non-ortho nitro benzene ring substituents is 1. The zero-order chi connectivity index (χ0) is 14.8. The van der Waals surface area contributed by atoms with Gasteiger partial charge in [-0.2, -0.15) is 0 Å². The largest absolute Gasteiger partial charge is 0.491 e. The Hall–Kier alpha value is -2.63. The smallest absolute Gasteiger partial charge is 0.274 e. The number of fused-ring (bicyclic) bond motifs is 1. The summed E-state index contributed by atoms with van der Waals surface area (Å²) < 4.78 is 19.2. The van der Waals surface area contributed by atoms with Crippen LogP contribution < -0.4 is 9.64 Å². The lowest BCUT2D eigenvalue weighted by atomic mass is 10.1.